The summed E-state index contributed by atoms with van der Waals surface area (Å²) in [4.78, 5) is 41.1. The maximum Gasteiger partial charge on any atom is 0.281 e. The van der Waals surface area contributed by atoms with E-state index in [9.17, 15) is 14.4 Å². The molecule has 0 unspecified atom stereocenters. The highest BCUT2D eigenvalue weighted by Gasteiger charge is 2.36. The standard InChI is InChI=1S/C24H24ClN3O3/c1-16-10-12-27(13-11-16)21-14-22(29)28(24(21)31)19-8-6-17(7-9-19)23(30)26-15-18-4-2-3-5-20(18)25/h2-9,14,16H,10-13,15H2,1H3,(H,26,30). The molecule has 2 heterocycles. The van der Waals surface area contributed by atoms with Crippen LogP contribution in [0.5, 0.6) is 0 Å². The summed E-state index contributed by atoms with van der Waals surface area (Å²) < 4.78 is 0. The molecular formula is C24H24ClN3O3. The Balaban J connectivity index is 1.41. The minimum absolute atomic E-state index is 0.258. The Morgan fingerprint density at radius 1 is 1.06 bits per heavy atom. The van der Waals surface area contributed by atoms with Gasteiger partial charge in [0.1, 0.15) is 5.70 Å². The predicted octanol–water partition coefficient (Wildman–Crippen LogP) is 3.76. The highest BCUT2D eigenvalue weighted by molar-refractivity contribution is 6.31. The van der Waals surface area contributed by atoms with E-state index in [0.29, 0.717) is 34.4 Å². The lowest BCUT2D eigenvalue weighted by Crippen LogP contribution is -2.38. The van der Waals surface area contributed by atoms with Gasteiger partial charge in [0.05, 0.1) is 5.69 Å². The number of halogens is 1. The lowest BCUT2D eigenvalue weighted by Gasteiger charge is -2.32. The Morgan fingerprint density at radius 3 is 2.42 bits per heavy atom. The Morgan fingerprint density at radius 2 is 1.74 bits per heavy atom. The van der Waals surface area contributed by atoms with Crippen LogP contribution in [-0.2, 0) is 16.1 Å². The number of nitrogens with zero attached hydrogens (tertiary/aromatic N) is 2. The molecule has 31 heavy (non-hydrogen) atoms. The molecule has 0 bridgehead atoms. The van der Waals surface area contributed by atoms with Crippen LogP contribution < -0.4 is 10.2 Å². The second-order valence-corrected chi connectivity index (χ2v) is 8.41. The smallest absolute Gasteiger partial charge is 0.281 e. The molecule has 0 radical (unpaired) electrons. The fraction of sp³-hybridized carbons (Fsp3) is 0.292. The van der Waals surface area contributed by atoms with Crippen molar-refractivity contribution in [3.05, 3.63) is 76.5 Å². The van der Waals surface area contributed by atoms with Crippen LogP contribution >= 0.6 is 11.6 Å². The van der Waals surface area contributed by atoms with Crippen LogP contribution in [0.1, 0.15) is 35.7 Å². The van der Waals surface area contributed by atoms with Crippen molar-refractivity contribution in [1.82, 2.24) is 10.2 Å². The SMILES string of the molecule is CC1CCN(C2=CC(=O)N(c3ccc(C(=O)NCc4ccccc4Cl)cc3)C2=O)CC1. The van der Waals surface area contributed by atoms with Crippen molar-refractivity contribution in [3.63, 3.8) is 0 Å². The highest BCUT2D eigenvalue weighted by atomic mass is 35.5. The number of benzene rings is 2. The Labute approximate surface area is 186 Å². The summed E-state index contributed by atoms with van der Waals surface area (Å²) in [7, 11) is 0. The molecule has 4 rings (SSSR count). The third kappa shape index (κ3) is 4.49. The number of rotatable bonds is 5. The van der Waals surface area contributed by atoms with Gasteiger partial charge in [-0.2, -0.15) is 0 Å². The summed E-state index contributed by atoms with van der Waals surface area (Å²) in [5.74, 6) is -0.284. The van der Waals surface area contributed by atoms with Gasteiger partial charge in [-0.05, 0) is 54.7 Å². The molecule has 1 N–H and O–H groups in total. The molecule has 0 spiro atoms. The quantitative estimate of drug-likeness (QED) is 0.723. The van der Waals surface area contributed by atoms with Crippen LogP contribution in [0, 0.1) is 5.92 Å². The van der Waals surface area contributed by atoms with Crippen molar-refractivity contribution in [2.45, 2.75) is 26.3 Å². The first-order chi connectivity index (χ1) is 14.9. The molecule has 1 fully saturated rings. The number of anilines is 1. The monoisotopic (exact) mass is 437 g/mol. The minimum atomic E-state index is -0.352. The molecule has 2 aromatic rings. The summed E-state index contributed by atoms with van der Waals surface area (Å²) in [6, 6.07) is 13.8. The lowest BCUT2D eigenvalue weighted by molar-refractivity contribution is -0.121. The topological polar surface area (TPSA) is 69.7 Å². The van der Waals surface area contributed by atoms with Crippen molar-refractivity contribution in [2.75, 3.05) is 18.0 Å². The van der Waals surface area contributed by atoms with Gasteiger partial charge in [-0.15, -0.1) is 0 Å². The number of likely N-dealkylation sites (tertiary alicyclic amines) is 1. The number of nitrogens with one attached hydrogen (secondary N) is 1. The van der Waals surface area contributed by atoms with Gasteiger partial charge in [-0.3, -0.25) is 14.4 Å². The van der Waals surface area contributed by atoms with Crippen LogP contribution in [0.2, 0.25) is 5.02 Å². The van der Waals surface area contributed by atoms with E-state index in [1.165, 1.54) is 11.0 Å². The summed E-state index contributed by atoms with van der Waals surface area (Å²) in [5, 5.41) is 3.42. The molecule has 0 saturated carbocycles. The van der Waals surface area contributed by atoms with Crippen LogP contribution in [0.25, 0.3) is 0 Å². The number of carbonyl (C=O) groups is 3. The maximum atomic E-state index is 12.9. The van der Waals surface area contributed by atoms with Gasteiger partial charge in [0, 0.05) is 36.3 Å². The summed E-state index contributed by atoms with van der Waals surface area (Å²) >= 11 is 6.12. The zero-order valence-electron chi connectivity index (χ0n) is 17.3. The van der Waals surface area contributed by atoms with Crippen molar-refractivity contribution >= 4 is 35.0 Å². The third-order valence-electron chi connectivity index (χ3n) is 5.81. The lowest BCUT2D eigenvalue weighted by atomic mass is 9.99. The molecule has 0 aliphatic carbocycles. The van der Waals surface area contributed by atoms with E-state index in [-0.39, 0.29) is 17.7 Å². The maximum absolute atomic E-state index is 12.9. The van der Waals surface area contributed by atoms with E-state index in [1.807, 2.05) is 23.1 Å². The van der Waals surface area contributed by atoms with Gasteiger partial charge in [0.2, 0.25) is 0 Å². The first-order valence-electron chi connectivity index (χ1n) is 10.4. The highest BCUT2D eigenvalue weighted by Crippen LogP contribution is 2.28. The largest absolute Gasteiger partial charge is 0.367 e. The molecule has 2 aromatic carbocycles. The number of hydrogen-bond donors (Lipinski definition) is 1. The minimum Gasteiger partial charge on any atom is -0.367 e. The van der Waals surface area contributed by atoms with Gasteiger partial charge in [-0.25, -0.2) is 4.90 Å². The van der Waals surface area contributed by atoms with Gasteiger partial charge >= 0.3 is 0 Å². The fourth-order valence-electron chi connectivity index (χ4n) is 3.86. The van der Waals surface area contributed by atoms with Crippen molar-refractivity contribution < 1.29 is 14.4 Å². The molecule has 6 nitrogen and oxygen atoms in total. The van der Waals surface area contributed by atoms with Crippen molar-refractivity contribution in [2.24, 2.45) is 5.92 Å². The van der Waals surface area contributed by atoms with E-state index >= 15 is 0 Å². The Bertz CT molecular complexity index is 1040. The van der Waals surface area contributed by atoms with Crippen LogP contribution in [0.3, 0.4) is 0 Å². The molecule has 7 heteroatoms. The number of amides is 3. The fourth-order valence-corrected chi connectivity index (χ4v) is 4.06. The van der Waals surface area contributed by atoms with E-state index in [1.54, 1.807) is 30.3 Å². The van der Waals surface area contributed by atoms with Crippen LogP contribution in [0.4, 0.5) is 5.69 Å². The number of carbonyl (C=O) groups excluding carboxylic acids is 3. The molecule has 0 atom stereocenters. The predicted molar refractivity (Wildman–Crippen MR) is 120 cm³/mol. The van der Waals surface area contributed by atoms with E-state index in [2.05, 4.69) is 12.2 Å². The van der Waals surface area contributed by atoms with Crippen molar-refractivity contribution in [1.29, 1.82) is 0 Å². The van der Waals surface area contributed by atoms with Crippen LogP contribution in [0.15, 0.2) is 60.3 Å². The zero-order valence-corrected chi connectivity index (χ0v) is 18.1. The number of hydrogen-bond acceptors (Lipinski definition) is 4. The second-order valence-electron chi connectivity index (χ2n) is 8.00. The molecule has 0 aromatic heterocycles. The Hall–Kier alpha value is -3.12. The first kappa shape index (κ1) is 21.1. The summed E-state index contributed by atoms with van der Waals surface area (Å²) in [6.45, 7) is 4.08. The average Bonchev–Trinajstić information content (AvgIpc) is 3.07. The normalized spacial score (nSPS) is 17.2. The van der Waals surface area contributed by atoms with Crippen LogP contribution in [-0.4, -0.2) is 35.7 Å². The van der Waals surface area contributed by atoms with E-state index in [0.717, 1.165) is 31.5 Å². The average molecular weight is 438 g/mol. The Kier molecular flexibility index (Phi) is 6.09. The van der Waals surface area contributed by atoms with E-state index in [4.69, 9.17) is 11.6 Å². The van der Waals surface area contributed by atoms with E-state index < -0.39 is 0 Å². The van der Waals surface area contributed by atoms with Gasteiger partial charge in [0.25, 0.3) is 17.7 Å². The molecule has 1 saturated heterocycles. The zero-order chi connectivity index (χ0) is 22.0. The number of imide groups is 1. The molecule has 3 amide bonds. The number of piperidine rings is 1. The molecule has 2 aliphatic rings. The second kappa shape index (κ2) is 8.94. The summed E-state index contributed by atoms with van der Waals surface area (Å²) in [5.41, 5.74) is 2.17. The van der Waals surface area contributed by atoms with Gasteiger partial charge in [-0.1, -0.05) is 36.7 Å². The molecular weight excluding hydrogens is 414 g/mol. The third-order valence-corrected chi connectivity index (χ3v) is 6.18. The van der Waals surface area contributed by atoms with Gasteiger partial charge < -0.3 is 10.2 Å². The molecule has 2 aliphatic heterocycles. The first-order valence-corrected chi connectivity index (χ1v) is 10.8. The van der Waals surface area contributed by atoms with Gasteiger partial charge in [0.15, 0.2) is 0 Å². The summed E-state index contributed by atoms with van der Waals surface area (Å²) in [6.07, 6.45) is 3.44. The van der Waals surface area contributed by atoms with Crippen molar-refractivity contribution in [3.8, 4) is 0 Å². The molecule has 160 valence electrons.